The minimum absolute atomic E-state index is 0.107. The molecule has 0 saturated heterocycles. The first-order valence-electron chi connectivity index (χ1n) is 14.8. The number of imidazole rings is 1. The number of nitrogens with one attached hydrogen (secondary N) is 1. The first-order valence-corrected chi connectivity index (χ1v) is 16.5. The van der Waals surface area contributed by atoms with Crippen LogP contribution in [0.4, 0.5) is 26.3 Å². The quantitative estimate of drug-likeness (QED) is 0.177. The van der Waals surface area contributed by atoms with Crippen LogP contribution < -0.4 is 4.74 Å². The second kappa shape index (κ2) is 10.7. The predicted molar refractivity (Wildman–Crippen MR) is 178 cm³/mol. The zero-order chi connectivity index (χ0) is 33.6. The maximum Gasteiger partial charge on any atom is 0.380 e. The fourth-order valence-corrected chi connectivity index (χ4v) is 8.38. The number of para-hydroxylation sites is 3. The molecule has 0 fully saturated rings. The average Bonchev–Trinajstić information content (AvgIpc) is 3.77. The van der Waals surface area contributed by atoms with Crippen molar-refractivity contribution in [3.05, 3.63) is 111 Å². The van der Waals surface area contributed by atoms with Gasteiger partial charge in [0.15, 0.2) is 5.82 Å². The number of hydrogen-bond acceptors (Lipinski definition) is 5. The molecule has 0 bridgehead atoms. The molecular weight excluding hydrogens is 669 g/mol. The van der Waals surface area contributed by atoms with Crippen molar-refractivity contribution in [1.29, 1.82) is 0 Å². The summed E-state index contributed by atoms with van der Waals surface area (Å²) in [6.07, 6.45) is 0. The summed E-state index contributed by atoms with van der Waals surface area (Å²) in [6, 6.07) is 24.0. The summed E-state index contributed by atoms with van der Waals surface area (Å²) in [7, 11) is 0. The summed E-state index contributed by atoms with van der Waals surface area (Å²) in [6.45, 7) is 2.73. The summed E-state index contributed by atoms with van der Waals surface area (Å²) in [5.41, 5.74) is -0.832. The monoisotopic (exact) mass is 691 g/mol. The van der Waals surface area contributed by atoms with Gasteiger partial charge in [0, 0.05) is 52.4 Å². The molecule has 242 valence electrons. The molecule has 0 atom stereocenters. The highest BCUT2D eigenvalue weighted by molar-refractivity contribution is 7.19. The fraction of sp³-hybridized carbons (Fsp3) is 0.167. The zero-order valence-corrected chi connectivity index (χ0v) is 26.8. The second-order valence-corrected chi connectivity index (χ2v) is 14.2. The van der Waals surface area contributed by atoms with E-state index < -0.39 is 28.9 Å². The Morgan fingerprint density at radius 3 is 2.33 bits per heavy atom. The molecule has 48 heavy (non-hydrogen) atoms. The number of rotatable bonds is 6. The molecule has 0 aliphatic heterocycles. The van der Waals surface area contributed by atoms with Crippen molar-refractivity contribution in [1.82, 2.24) is 15.0 Å². The molecule has 1 N–H and O–H groups in total. The number of hydrogen-bond donors (Lipinski definition) is 1. The molecule has 0 unspecified atom stereocenters. The minimum atomic E-state index is -5.67. The second-order valence-electron chi connectivity index (χ2n) is 11.6. The number of halogens is 6. The van der Waals surface area contributed by atoms with Gasteiger partial charge >= 0.3 is 17.8 Å². The summed E-state index contributed by atoms with van der Waals surface area (Å²) >= 11 is 2.11. The highest BCUT2D eigenvalue weighted by Crippen LogP contribution is 2.66. The van der Waals surface area contributed by atoms with Crippen LogP contribution in [-0.4, -0.2) is 32.7 Å². The summed E-state index contributed by atoms with van der Waals surface area (Å²) in [4.78, 5) is 13.4. The van der Waals surface area contributed by atoms with E-state index in [1.165, 1.54) is 19.1 Å². The van der Waals surface area contributed by atoms with Gasteiger partial charge < -0.3 is 9.72 Å². The third kappa shape index (κ3) is 4.42. The van der Waals surface area contributed by atoms with Crippen LogP contribution in [0, 0.1) is 13.8 Å². The Hall–Kier alpha value is -4.68. The highest BCUT2D eigenvalue weighted by Gasteiger charge is 2.80. The van der Waals surface area contributed by atoms with Gasteiger partial charge in [-0.05, 0) is 50.2 Å². The number of aromatic nitrogens is 3. The van der Waals surface area contributed by atoms with Gasteiger partial charge in [-0.15, -0.1) is 22.7 Å². The van der Waals surface area contributed by atoms with Crippen LogP contribution in [0.15, 0.2) is 84.9 Å². The van der Waals surface area contributed by atoms with Gasteiger partial charge in [-0.3, -0.25) is 0 Å². The maximum atomic E-state index is 15.8. The van der Waals surface area contributed by atoms with Crippen molar-refractivity contribution in [2.75, 3.05) is 0 Å². The molecule has 4 nitrogen and oxygen atoms in total. The summed E-state index contributed by atoms with van der Waals surface area (Å²) < 4.78 is 100. The van der Waals surface area contributed by atoms with Gasteiger partial charge in [-0.1, -0.05) is 48.5 Å². The summed E-state index contributed by atoms with van der Waals surface area (Å²) in [5, 5.41) is 0.939. The van der Waals surface area contributed by atoms with Crippen LogP contribution in [0.2, 0.25) is 0 Å². The average molecular weight is 692 g/mol. The number of aromatic amines is 1. The number of pyridine rings is 1. The SMILES string of the molecule is Cc1cc(C2=C(c3c(C)sc4ccccc34)C(F)(F)C(F)(F)C2(F)F)c(COc2cccc3ccc(-c4nc5ccccc5[nH]4)nc23)s1. The van der Waals surface area contributed by atoms with Crippen LogP contribution >= 0.6 is 22.7 Å². The molecule has 7 aromatic rings. The van der Waals surface area contributed by atoms with Crippen LogP contribution in [0.25, 0.3) is 54.7 Å². The number of benzene rings is 3. The Balaban J connectivity index is 1.24. The maximum absolute atomic E-state index is 15.8. The third-order valence-electron chi connectivity index (χ3n) is 8.56. The van der Waals surface area contributed by atoms with E-state index in [1.807, 2.05) is 36.4 Å². The van der Waals surface area contributed by atoms with Gasteiger partial charge in [0.1, 0.15) is 23.6 Å². The zero-order valence-electron chi connectivity index (χ0n) is 25.2. The number of nitrogens with zero attached hydrogens (tertiary/aromatic N) is 2. The van der Waals surface area contributed by atoms with E-state index in [1.54, 1.807) is 43.3 Å². The van der Waals surface area contributed by atoms with Crippen molar-refractivity contribution in [3.63, 3.8) is 0 Å². The molecule has 12 heteroatoms. The van der Waals surface area contributed by atoms with Crippen LogP contribution in [0.3, 0.4) is 0 Å². The smallest absolute Gasteiger partial charge is 0.380 e. The lowest BCUT2D eigenvalue weighted by Crippen LogP contribution is -2.49. The number of fused-ring (bicyclic) bond motifs is 3. The standard InChI is InChI=1S/C36H23F6N3OS2/c1-18-16-22(30-31(35(39,40)36(41,42)34(30,37)38)29-19(2)48-27-13-6-3-9-21(27)29)28(47-18)17-46-26-12-7-8-20-14-15-25(43-32(20)26)33-44-23-10-4-5-11-24(23)45-33/h3-16H,17H2,1-2H3,(H,44,45). The van der Waals surface area contributed by atoms with Gasteiger partial charge in [-0.25, -0.2) is 9.97 Å². The molecule has 0 amide bonds. The third-order valence-corrected chi connectivity index (χ3v) is 10.7. The molecule has 0 saturated carbocycles. The van der Waals surface area contributed by atoms with E-state index in [4.69, 9.17) is 9.72 Å². The van der Waals surface area contributed by atoms with Gasteiger partial charge in [0.2, 0.25) is 0 Å². The number of H-pyrrole nitrogens is 1. The number of alkyl halides is 6. The fourth-order valence-electron chi connectivity index (χ4n) is 6.36. The topological polar surface area (TPSA) is 50.8 Å². The van der Waals surface area contributed by atoms with Gasteiger partial charge in [-0.2, -0.15) is 26.3 Å². The number of aryl methyl sites for hydroxylation is 2. The Labute approximate surface area is 277 Å². The molecule has 8 rings (SSSR count). The lowest BCUT2D eigenvalue weighted by Gasteiger charge is -2.26. The van der Waals surface area contributed by atoms with Crippen LogP contribution in [0.1, 0.15) is 25.8 Å². The molecular formula is C36H23F6N3OS2. The molecule has 4 heterocycles. The molecule has 3 aromatic carbocycles. The largest absolute Gasteiger partial charge is 0.486 e. The van der Waals surface area contributed by atoms with Crippen LogP contribution in [-0.2, 0) is 6.61 Å². The Kier molecular flexibility index (Phi) is 6.81. The van der Waals surface area contributed by atoms with E-state index in [0.29, 0.717) is 32.4 Å². The van der Waals surface area contributed by atoms with Crippen molar-refractivity contribution >= 4 is 65.8 Å². The van der Waals surface area contributed by atoms with Gasteiger partial charge in [0.25, 0.3) is 0 Å². The number of thiophene rings is 2. The van der Waals surface area contributed by atoms with Crippen molar-refractivity contribution < 1.29 is 31.1 Å². The van der Waals surface area contributed by atoms with E-state index in [9.17, 15) is 0 Å². The lowest BCUT2D eigenvalue weighted by molar-refractivity contribution is -0.254. The van der Waals surface area contributed by atoms with Gasteiger partial charge in [0.05, 0.1) is 11.0 Å². The first kappa shape index (κ1) is 30.6. The number of ether oxygens (including phenoxy) is 1. The summed E-state index contributed by atoms with van der Waals surface area (Å²) in [5.74, 6) is -15.2. The van der Waals surface area contributed by atoms with Crippen molar-refractivity contribution in [2.24, 2.45) is 0 Å². The minimum Gasteiger partial charge on any atom is -0.486 e. The highest BCUT2D eigenvalue weighted by atomic mass is 32.1. The Morgan fingerprint density at radius 2 is 1.52 bits per heavy atom. The van der Waals surface area contributed by atoms with Crippen molar-refractivity contribution in [2.45, 2.75) is 38.2 Å². The van der Waals surface area contributed by atoms with E-state index in [2.05, 4.69) is 9.97 Å². The normalized spacial score (nSPS) is 16.8. The van der Waals surface area contributed by atoms with E-state index in [0.717, 1.165) is 39.1 Å². The molecule has 1 aliphatic carbocycles. The molecule has 0 radical (unpaired) electrons. The molecule has 0 spiro atoms. The van der Waals surface area contributed by atoms with Crippen LogP contribution in [0.5, 0.6) is 5.75 Å². The van der Waals surface area contributed by atoms with E-state index in [-0.39, 0.29) is 32.9 Å². The lowest BCUT2D eigenvalue weighted by atomic mass is 9.93. The Morgan fingerprint density at radius 1 is 0.771 bits per heavy atom. The van der Waals surface area contributed by atoms with E-state index >= 15 is 26.3 Å². The molecule has 1 aliphatic rings. The Bertz CT molecular complexity index is 2410. The predicted octanol–water partition coefficient (Wildman–Crippen LogP) is 11.1. The van der Waals surface area contributed by atoms with Crippen molar-refractivity contribution in [3.8, 4) is 17.3 Å². The first-order chi connectivity index (χ1) is 22.9. The molecule has 4 aromatic heterocycles. The number of allylic oxidation sites excluding steroid dienone is 2.